The van der Waals surface area contributed by atoms with Gasteiger partial charge in [0.15, 0.2) is 0 Å². The molecule has 1 saturated carbocycles. The lowest BCUT2D eigenvalue weighted by molar-refractivity contribution is -0.122. The standard InChI is InChI=1S/C19H23ClN2O2/c1-13-11-17(22-24-13)8-7-15-12-14(5-9-18(15)20)6-10-19(23)21-16-3-2-4-16/h5,9,11-12,16H,2-4,6-8,10H2,1H3,(H,21,23). The molecule has 2 aromatic rings. The fraction of sp³-hybridized carbons (Fsp3) is 0.474. The Hall–Kier alpha value is -1.81. The molecule has 0 spiro atoms. The summed E-state index contributed by atoms with van der Waals surface area (Å²) < 4.78 is 5.09. The number of rotatable bonds is 7. The van der Waals surface area contributed by atoms with Crippen molar-refractivity contribution in [3.05, 3.63) is 51.9 Å². The zero-order chi connectivity index (χ0) is 16.9. The van der Waals surface area contributed by atoms with E-state index in [0.717, 1.165) is 59.7 Å². The lowest BCUT2D eigenvalue weighted by Crippen LogP contribution is -2.39. The van der Waals surface area contributed by atoms with Gasteiger partial charge in [0.2, 0.25) is 5.91 Å². The van der Waals surface area contributed by atoms with Gasteiger partial charge in [0.25, 0.3) is 0 Å². The smallest absolute Gasteiger partial charge is 0.220 e. The van der Waals surface area contributed by atoms with E-state index in [1.54, 1.807) is 0 Å². The number of aryl methyl sites for hydroxylation is 4. The van der Waals surface area contributed by atoms with Gasteiger partial charge >= 0.3 is 0 Å². The Morgan fingerprint density at radius 2 is 2.12 bits per heavy atom. The minimum absolute atomic E-state index is 0.147. The van der Waals surface area contributed by atoms with E-state index >= 15 is 0 Å². The van der Waals surface area contributed by atoms with Crippen LogP contribution in [0, 0.1) is 6.92 Å². The van der Waals surface area contributed by atoms with Crippen molar-refractivity contribution in [3.8, 4) is 0 Å². The van der Waals surface area contributed by atoms with Crippen LogP contribution in [0.3, 0.4) is 0 Å². The molecule has 0 radical (unpaired) electrons. The molecular weight excluding hydrogens is 324 g/mol. The molecule has 24 heavy (non-hydrogen) atoms. The SMILES string of the molecule is Cc1cc(CCc2cc(CCC(=O)NC3CCC3)ccc2Cl)no1. The number of aromatic nitrogens is 1. The summed E-state index contributed by atoms with van der Waals surface area (Å²) >= 11 is 6.30. The fourth-order valence-electron chi connectivity index (χ4n) is 2.88. The van der Waals surface area contributed by atoms with E-state index in [0.29, 0.717) is 12.5 Å². The molecule has 128 valence electrons. The van der Waals surface area contributed by atoms with Gasteiger partial charge in [-0.05, 0) is 62.6 Å². The summed E-state index contributed by atoms with van der Waals surface area (Å²) in [6, 6.07) is 8.38. The molecule has 0 aliphatic heterocycles. The largest absolute Gasteiger partial charge is 0.361 e. The summed E-state index contributed by atoms with van der Waals surface area (Å²) in [5.41, 5.74) is 3.18. The number of carbonyl (C=O) groups excluding carboxylic acids is 1. The van der Waals surface area contributed by atoms with Gasteiger partial charge in [-0.15, -0.1) is 0 Å². The van der Waals surface area contributed by atoms with Crippen LogP contribution in [0.5, 0.6) is 0 Å². The molecule has 0 bridgehead atoms. The van der Waals surface area contributed by atoms with Crippen LogP contribution in [0.2, 0.25) is 5.02 Å². The Morgan fingerprint density at radius 1 is 1.29 bits per heavy atom. The predicted octanol–water partition coefficient (Wildman–Crippen LogP) is 4.02. The van der Waals surface area contributed by atoms with Crippen LogP contribution in [0.4, 0.5) is 0 Å². The Morgan fingerprint density at radius 3 is 2.79 bits per heavy atom. The number of nitrogens with zero attached hydrogens (tertiary/aromatic N) is 1. The zero-order valence-electron chi connectivity index (χ0n) is 14.0. The number of halogens is 1. The van der Waals surface area contributed by atoms with E-state index in [1.807, 2.05) is 25.1 Å². The van der Waals surface area contributed by atoms with E-state index in [1.165, 1.54) is 6.42 Å². The van der Waals surface area contributed by atoms with Gasteiger partial charge in [-0.25, -0.2) is 0 Å². The molecule has 3 rings (SSSR count). The number of nitrogens with one attached hydrogen (secondary N) is 1. The van der Waals surface area contributed by atoms with Gasteiger partial charge in [-0.1, -0.05) is 28.9 Å². The van der Waals surface area contributed by atoms with E-state index in [4.69, 9.17) is 16.1 Å². The molecule has 5 heteroatoms. The molecular formula is C19H23ClN2O2. The predicted molar refractivity (Wildman–Crippen MR) is 94.2 cm³/mol. The number of hydrogen-bond acceptors (Lipinski definition) is 3. The first kappa shape index (κ1) is 17.0. The van der Waals surface area contributed by atoms with Crippen molar-refractivity contribution in [2.45, 2.75) is 57.9 Å². The third kappa shape index (κ3) is 4.60. The minimum atomic E-state index is 0.147. The van der Waals surface area contributed by atoms with Crippen molar-refractivity contribution < 1.29 is 9.32 Å². The molecule has 0 saturated heterocycles. The monoisotopic (exact) mass is 346 g/mol. The average Bonchev–Trinajstić information content (AvgIpc) is 2.94. The van der Waals surface area contributed by atoms with Crippen LogP contribution in [0.15, 0.2) is 28.8 Å². The summed E-state index contributed by atoms with van der Waals surface area (Å²) in [5, 5.41) is 7.85. The van der Waals surface area contributed by atoms with E-state index in [9.17, 15) is 4.79 Å². The molecule has 1 aromatic heterocycles. The van der Waals surface area contributed by atoms with Crippen molar-refractivity contribution >= 4 is 17.5 Å². The third-order valence-corrected chi connectivity index (χ3v) is 4.92. The molecule has 1 aliphatic rings. The number of benzene rings is 1. The van der Waals surface area contributed by atoms with Crippen LogP contribution >= 0.6 is 11.6 Å². The molecule has 1 fully saturated rings. The second-order valence-corrected chi connectivity index (χ2v) is 6.96. The van der Waals surface area contributed by atoms with Crippen LogP contribution in [-0.4, -0.2) is 17.1 Å². The van der Waals surface area contributed by atoms with Crippen LogP contribution in [0.1, 0.15) is 48.3 Å². The number of amides is 1. The molecule has 1 N–H and O–H groups in total. The fourth-order valence-corrected chi connectivity index (χ4v) is 3.10. The van der Waals surface area contributed by atoms with Crippen LogP contribution in [0.25, 0.3) is 0 Å². The lowest BCUT2D eigenvalue weighted by atomic mass is 9.93. The van der Waals surface area contributed by atoms with E-state index < -0.39 is 0 Å². The van der Waals surface area contributed by atoms with E-state index in [2.05, 4.69) is 16.5 Å². The first-order valence-electron chi connectivity index (χ1n) is 8.59. The highest BCUT2D eigenvalue weighted by molar-refractivity contribution is 6.31. The lowest BCUT2D eigenvalue weighted by Gasteiger charge is -2.26. The normalized spacial score (nSPS) is 14.4. The Bertz CT molecular complexity index is 707. The maximum atomic E-state index is 11.9. The summed E-state index contributed by atoms with van der Waals surface area (Å²) in [7, 11) is 0. The highest BCUT2D eigenvalue weighted by Gasteiger charge is 2.19. The minimum Gasteiger partial charge on any atom is -0.361 e. The second kappa shape index (κ2) is 7.84. The van der Waals surface area contributed by atoms with Gasteiger partial charge in [-0.3, -0.25) is 4.79 Å². The summed E-state index contributed by atoms with van der Waals surface area (Å²) in [6.07, 6.45) is 6.36. The van der Waals surface area contributed by atoms with Crippen molar-refractivity contribution in [2.24, 2.45) is 0 Å². The van der Waals surface area contributed by atoms with Crippen molar-refractivity contribution in [1.29, 1.82) is 0 Å². The highest BCUT2D eigenvalue weighted by Crippen LogP contribution is 2.21. The molecule has 4 nitrogen and oxygen atoms in total. The quantitative estimate of drug-likeness (QED) is 0.823. The topological polar surface area (TPSA) is 55.1 Å². The first-order chi connectivity index (χ1) is 11.6. The number of hydrogen-bond donors (Lipinski definition) is 1. The van der Waals surface area contributed by atoms with Gasteiger partial charge < -0.3 is 9.84 Å². The summed E-state index contributed by atoms with van der Waals surface area (Å²) in [6.45, 7) is 1.89. The zero-order valence-corrected chi connectivity index (χ0v) is 14.7. The van der Waals surface area contributed by atoms with Crippen molar-refractivity contribution in [1.82, 2.24) is 10.5 Å². The van der Waals surface area contributed by atoms with Crippen LogP contribution in [-0.2, 0) is 24.1 Å². The Kier molecular flexibility index (Phi) is 5.56. The van der Waals surface area contributed by atoms with Gasteiger partial charge in [0.05, 0.1) is 5.69 Å². The molecule has 1 aromatic carbocycles. The van der Waals surface area contributed by atoms with Crippen molar-refractivity contribution in [3.63, 3.8) is 0 Å². The van der Waals surface area contributed by atoms with E-state index in [-0.39, 0.29) is 5.91 Å². The molecule has 0 atom stereocenters. The average molecular weight is 347 g/mol. The van der Waals surface area contributed by atoms with Gasteiger partial charge in [-0.2, -0.15) is 0 Å². The highest BCUT2D eigenvalue weighted by atomic mass is 35.5. The molecule has 0 unspecified atom stereocenters. The van der Waals surface area contributed by atoms with Gasteiger partial charge in [0, 0.05) is 23.6 Å². The second-order valence-electron chi connectivity index (χ2n) is 6.55. The summed E-state index contributed by atoms with van der Waals surface area (Å²) in [5.74, 6) is 0.969. The van der Waals surface area contributed by atoms with Crippen molar-refractivity contribution in [2.75, 3.05) is 0 Å². The van der Waals surface area contributed by atoms with Gasteiger partial charge in [0.1, 0.15) is 5.76 Å². The third-order valence-electron chi connectivity index (χ3n) is 4.55. The molecule has 1 heterocycles. The maximum absolute atomic E-state index is 11.9. The molecule has 1 aliphatic carbocycles. The summed E-state index contributed by atoms with van der Waals surface area (Å²) in [4.78, 5) is 11.9. The van der Waals surface area contributed by atoms with Crippen LogP contribution < -0.4 is 5.32 Å². The first-order valence-corrected chi connectivity index (χ1v) is 8.97. The Balaban J connectivity index is 1.53. The number of carbonyl (C=O) groups is 1. The Labute approximate surface area is 147 Å². The molecule has 1 amide bonds. The maximum Gasteiger partial charge on any atom is 0.220 e.